The van der Waals surface area contributed by atoms with Crippen molar-refractivity contribution in [2.45, 2.75) is 13.8 Å². The van der Waals surface area contributed by atoms with Crippen LogP contribution in [0.1, 0.15) is 12.7 Å². The Morgan fingerprint density at radius 3 is 2.50 bits per heavy atom. The Bertz CT molecular complexity index is 475. The number of benzene rings is 1. The highest BCUT2D eigenvalue weighted by molar-refractivity contribution is 5.40. The van der Waals surface area contributed by atoms with Crippen LogP contribution in [0.3, 0.4) is 0 Å². The second-order valence-electron chi connectivity index (χ2n) is 3.36. The lowest BCUT2D eigenvalue weighted by molar-refractivity contribution is 0.340. The van der Waals surface area contributed by atoms with Gasteiger partial charge in [-0.15, -0.1) is 5.10 Å². The van der Waals surface area contributed by atoms with Gasteiger partial charge in [0, 0.05) is 0 Å². The van der Waals surface area contributed by atoms with Gasteiger partial charge in [0.1, 0.15) is 11.6 Å². The van der Waals surface area contributed by atoms with E-state index in [0.29, 0.717) is 18.4 Å². The maximum Gasteiger partial charge on any atom is 0.223 e. The minimum Gasteiger partial charge on any atom is -0.494 e. The van der Waals surface area contributed by atoms with E-state index < -0.39 is 0 Å². The molecule has 2 aromatic rings. The molecule has 5 heteroatoms. The predicted molar refractivity (Wildman–Crippen MR) is 61.7 cm³/mol. The van der Waals surface area contributed by atoms with Crippen molar-refractivity contribution in [3.63, 3.8) is 0 Å². The van der Waals surface area contributed by atoms with Gasteiger partial charge in [-0.2, -0.15) is 9.67 Å². The quantitative estimate of drug-likeness (QED) is 0.849. The predicted octanol–water partition coefficient (Wildman–Crippen LogP) is 1.56. The highest BCUT2D eigenvalue weighted by Crippen LogP contribution is 2.16. The Labute approximate surface area is 93.9 Å². The first-order valence-corrected chi connectivity index (χ1v) is 5.13. The molecule has 0 unspecified atom stereocenters. The van der Waals surface area contributed by atoms with E-state index in [9.17, 15) is 0 Å². The van der Waals surface area contributed by atoms with E-state index in [1.165, 1.54) is 0 Å². The van der Waals surface area contributed by atoms with Crippen LogP contribution in [0, 0.1) is 6.92 Å². The van der Waals surface area contributed by atoms with E-state index in [4.69, 9.17) is 10.5 Å². The molecule has 0 spiro atoms. The van der Waals surface area contributed by atoms with Crippen molar-refractivity contribution in [2.24, 2.45) is 0 Å². The molecule has 0 aliphatic heterocycles. The van der Waals surface area contributed by atoms with E-state index in [2.05, 4.69) is 10.1 Å². The summed E-state index contributed by atoms with van der Waals surface area (Å²) in [5.74, 6) is 1.88. The van der Waals surface area contributed by atoms with Crippen LogP contribution in [0.5, 0.6) is 5.75 Å². The lowest BCUT2D eigenvalue weighted by atomic mass is 10.3. The van der Waals surface area contributed by atoms with Gasteiger partial charge in [0.05, 0.1) is 12.3 Å². The fraction of sp³-hybridized carbons (Fsp3) is 0.273. The summed E-state index contributed by atoms with van der Waals surface area (Å²) in [4.78, 5) is 4.04. The molecule has 16 heavy (non-hydrogen) atoms. The first kappa shape index (κ1) is 10.5. The number of hydrogen-bond donors (Lipinski definition) is 1. The zero-order valence-corrected chi connectivity index (χ0v) is 9.34. The second kappa shape index (κ2) is 4.22. The van der Waals surface area contributed by atoms with Crippen LogP contribution in [-0.2, 0) is 0 Å². The minimum absolute atomic E-state index is 0.390. The smallest absolute Gasteiger partial charge is 0.223 e. The van der Waals surface area contributed by atoms with Crippen molar-refractivity contribution in [3.05, 3.63) is 30.1 Å². The first-order valence-electron chi connectivity index (χ1n) is 5.13. The molecule has 0 bridgehead atoms. The van der Waals surface area contributed by atoms with Crippen molar-refractivity contribution in [1.82, 2.24) is 14.8 Å². The van der Waals surface area contributed by atoms with Gasteiger partial charge in [-0.05, 0) is 38.1 Å². The van der Waals surface area contributed by atoms with E-state index in [1.807, 2.05) is 31.2 Å². The lowest BCUT2D eigenvalue weighted by Crippen LogP contribution is -2.02. The summed E-state index contributed by atoms with van der Waals surface area (Å²) in [5.41, 5.74) is 6.60. The molecular formula is C11H14N4O. The number of rotatable bonds is 3. The number of aromatic nitrogens is 3. The molecule has 0 saturated carbocycles. The van der Waals surface area contributed by atoms with Crippen LogP contribution >= 0.6 is 0 Å². The van der Waals surface area contributed by atoms with Gasteiger partial charge in [0.25, 0.3) is 0 Å². The first-order chi connectivity index (χ1) is 7.70. The maximum atomic E-state index is 5.73. The molecule has 0 aliphatic rings. The summed E-state index contributed by atoms with van der Waals surface area (Å²) >= 11 is 0. The maximum absolute atomic E-state index is 5.73. The molecule has 2 rings (SSSR count). The fourth-order valence-corrected chi connectivity index (χ4v) is 1.47. The minimum atomic E-state index is 0.390. The molecule has 0 radical (unpaired) electrons. The van der Waals surface area contributed by atoms with Crippen LogP contribution in [0.25, 0.3) is 5.69 Å². The van der Waals surface area contributed by atoms with Gasteiger partial charge in [0.15, 0.2) is 0 Å². The van der Waals surface area contributed by atoms with Crippen LogP contribution in [0.4, 0.5) is 5.95 Å². The van der Waals surface area contributed by atoms with Gasteiger partial charge in [-0.25, -0.2) is 0 Å². The molecule has 1 aromatic heterocycles. The standard InChI is InChI=1S/C11H14N4O/c1-3-16-10-6-4-9(5-7-10)15-11(12)13-8(2)14-15/h4-7H,3H2,1-2H3,(H2,12,13,14). The molecular weight excluding hydrogens is 204 g/mol. The number of nitrogens with zero attached hydrogens (tertiary/aromatic N) is 3. The van der Waals surface area contributed by atoms with Gasteiger partial charge in [0.2, 0.25) is 5.95 Å². The summed E-state index contributed by atoms with van der Waals surface area (Å²) in [6.45, 7) is 4.41. The molecule has 0 saturated heterocycles. The lowest BCUT2D eigenvalue weighted by Gasteiger charge is -2.05. The SMILES string of the molecule is CCOc1ccc(-n2nc(C)nc2N)cc1. The number of anilines is 1. The molecule has 0 aliphatic carbocycles. The third-order valence-corrected chi connectivity index (χ3v) is 2.13. The number of aryl methyl sites for hydroxylation is 1. The molecule has 1 heterocycles. The third kappa shape index (κ3) is 1.98. The van der Waals surface area contributed by atoms with E-state index >= 15 is 0 Å². The Hall–Kier alpha value is -2.04. The number of nitrogen functional groups attached to an aromatic ring is 1. The fourth-order valence-electron chi connectivity index (χ4n) is 1.47. The zero-order chi connectivity index (χ0) is 11.5. The molecule has 0 amide bonds. The van der Waals surface area contributed by atoms with Crippen molar-refractivity contribution in [1.29, 1.82) is 0 Å². The summed E-state index contributed by atoms with van der Waals surface area (Å²) in [7, 11) is 0. The summed E-state index contributed by atoms with van der Waals surface area (Å²) in [6.07, 6.45) is 0. The van der Waals surface area contributed by atoms with Crippen LogP contribution < -0.4 is 10.5 Å². The molecule has 5 nitrogen and oxygen atoms in total. The average molecular weight is 218 g/mol. The van der Waals surface area contributed by atoms with Crippen molar-refractivity contribution >= 4 is 5.95 Å². The summed E-state index contributed by atoms with van der Waals surface area (Å²) < 4.78 is 6.96. The third-order valence-electron chi connectivity index (χ3n) is 2.13. The Kier molecular flexibility index (Phi) is 2.76. The van der Waals surface area contributed by atoms with Crippen molar-refractivity contribution < 1.29 is 4.74 Å². The monoisotopic (exact) mass is 218 g/mol. The molecule has 84 valence electrons. The normalized spacial score (nSPS) is 10.4. The van der Waals surface area contributed by atoms with Gasteiger partial charge in [-0.3, -0.25) is 0 Å². The van der Waals surface area contributed by atoms with Crippen molar-refractivity contribution in [3.8, 4) is 11.4 Å². The van der Waals surface area contributed by atoms with E-state index in [-0.39, 0.29) is 0 Å². The molecule has 2 N–H and O–H groups in total. The van der Waals surface area contributed by atoms with Crippen LogP contribution in [0.2, 0.25) is 0 Å². The Morgan fingerprint density at radius 1 is 1.31 bits per heavy atom. The second-order valence-corrected chi connectivity index (χ2v) is 3.36. The summed E-state index contributed by atoms with van der Waals surface area (Å²) in [5, 5.41) is 4.20. The number of nitrogens with two attached hydrogens (primary N) is 1. The Balaban J connectivity index is 2.31. The Morgan fingerprint density at radius 2 is 2.00 bits per heavy atom. The van der Waals surface area contributed by atoms with Gasteiger partial charge < -0.3 is 10.5 Å². The molecule has 1 aromatic carbocycles. The van der Waals surface area contributed by atoms with Gasteiger partial charge >= 0.3 is 0 Å². The molecule has 0 fully saturated rings. The van der Waals surface area contributed by atoms with E-state index in [1.54, 1.807) is 11.6 Å². The zero-order valence-electron chi connectivity index (χ0n) is 9.34. The van der Waals surface area contributed by atoms with Crippen molar-refractivity contribution in [2.75, 3.05) is 12.3 Å². The van der Waals surface area contributed by atoms with Gasteiger partial charge in [-0.1, -0.05) is 0 Å². The topological polar surface area (TPSA) is 66.0 Å². The number of hydrogen-bond acceptors (Lipinski definition) is 4. The summed E-state index contributed by atoms with van der Waals surface area (Å²) in [6, 6.07) is 7.56. The van der Waals surface area contributed by atoms with Crippen LogP contribution in [-0.4, -0.2) is 21.4 Å². The van der Waals surface area contributed by atoms with E-state index in [0.717, 1.165) is 11.4 Å². The van der Waals surface area contributed by atoms with Crippen LogP contribution in [0.15, 0.2) is 24.3 Å². The highest BCUT2D eigenvalue weighted by atomic mass is 16.5. The average Bonchev–Trinajstić information content (AvgIpc) is 2.59. The number of ether oxygens (including phenoxy) is 1. The molecule has 0 atom stereocenters. The highest BCUT2D eigenvalue weighted by Gasteiger charge is 2.05. The largest absolute Gasteiger partial charge is 0.494 e.